The van der Waals surface area contributed by atoms with Gasteiger partial charge in [-0.1, -0.05) is 12.1 Å². The van der Waals surface area contributed by atoms with Crippen LogP contribution in [0.5, 0.6) is 5.75 Å². The van der Waals surface area contributed by atoms with Crippen molar-refractivity contribution in [1.82, 2.24) is 19.4 Å². The van der Waals surface area contributed by atoms with E-state index in [1.807, 2.05) is 18.2 Å². The molecule has 0 aliphatic carbocycles. The number of hydrogen-bond donors (Lipinski definition) is 0. The smallest absolute Gasteiger partial charge is 0.348 e. The minimum atomic E-state index is -0.188. The second-order valence-electron chi connectivity index (χ2n) is 6.19. The summed E-state index contributed by atoms with van der Waals surface area (Å²) in [4.78, 5) is 20.8. The molecule has 6 heteroatoms. The summed E-state index contributed by atoms with van der Waals surface area (Å²) in [7, 11) is 2.15. The van der Waals surface area contributed by atoms with Crippen LogP contribution in [-0.2, 0) is 6.54 Å². The third-order valence-electron chi connectivity index (χ3n) is 4.58. The Hall–Kier alpha value is -1.92. The number of aromatic nitrogens is 2. The molecule has 1 aromatic carbocycles. The zero-order valence-electron chi connectivity index (χ0n) is 12.7. The van der Waals surface area contributed by atoms with Gasteiger partial charge in [0.1, 0.15) is 11.9 Å². The van der Waals surface area contributed by atoms with E-state index in [0.717, 1.165) is 49.4 Å². The summed E-state index contributed by atoms with van der Waals surface area (Å²) in [5.41, 5.74) is 0.684. The highest BCUT2D eigenvalue weighted by Gasteiger charge is 2.26. The van der Waals surface area contributed by atoms with Crippen molar-refractivity contribution in [2.75, 3.05) is 39.8 Å². The maximum Gasteiger partial charge on any atom is 0.348 e. The van der Waals surface area contributed by atoms with Crippen molar-refractivity contribution < 1.29 is 4.74 Å². The van der Waals surface area contributed by atoms with Gasteiger partial charge in [-0.05, 0) is 13.1 Å². The molecule has 1 fully saturated rings. The van der Waals surface area contributed by atoms with Crippen molar-refractivity contribution in [2.45, 2.75) is 12.6 Å². The Morgan fingerprint density at radius 1 is 1.27 bits per heavy atom. The number of ether oxygens (including phenoxy) is 1. The number of hydrogen-bond acceptors (Lipinski definition) is 5. The maximum atomic E-state index is 12.1. The van der Waals surface area contributed by atoms with E-state index in [4.69, 9.17) is 4.74 Å². The Morgan fingerprint density at radius 3 is 2.91 bits per heavy atom. The summed E-state index contributed by atoms with van der Waals surface area (Å²) < 4.78 is 7.90. The third-order valence-corrected chi connectivity index (χ3v) is 4.58. The van der Waals surface area contributed by atoms with Gasteiger partial charge in [0.25, 0.3) is 0 Å². The minimum Gasteiger partial charge on any atom is -0.485 e. The average molecular weight is 300 g/mol. The number of likely N-dealkylation sites (N-methyl/N-ethyl adjacent to an activating group) is 1. The fourth-order valence-corrected chi connectivity index (χ4v) is 3.32. The van der Waals surface area contributed by atoms with E-state index in [1.165, 1.54) is 0 Å². The van der Waals surface area contributed by atoms with Crippen LogP contribution in [0, 0.1) is 0 Å². The summed E-state index contributed by atoms with van der Waals surface area (Å²) in [5.74, 6) is 0.794. The quantitative estimate of drug-likeness (QED) is 0.804. The molecular weight excluding hydrogens is 280 g/mol. The molecule has 6 nitrogen and oxygen atoms in total. The molecule has 0 radical (unpaired) electrons. The second-order valence-corrected chi connectivity index (χ2v) is 6.19. The van der Waals surface area contributed by atoms with Crippen molar-refractivity contribution in [3.63, 3.8) is 0 Å². The van der Waals surface area contributed by atoms with Gasteiger partial charge in [0, 0.05) is 44.3 Å². The van der Waals surface area contributed by atoms with Gasteiger partial charge < -0.3 is 9.64 Å². The van der Waals surface area contributed by atoms with E-state index in [9.17, 15) is 4.79 Å². The second kappa shape index (κ2) is 5.37. The normalized spacial score (nSPS) is 22.7. The van der Waals surface area contributed by atoms with Gasteiger partial charge >= 0.3 is 5.69 Å². The topological polar surface area (TPSA) is 50.6 Å². The van der Waals surface area contributed by atoms with Crippen LogP contribution >= 0.6 is 0 Å². The van der Waals surface area contributed by atoms with Gasteiger partial charge in [-0.2, -0.15) is 0 Å². The third kappa shape index (κ3) is 2.38. The van der Waals surface area contributed by atoms with Crippen LogP contribution in [0.15, 0.2) is 29.2 Å². The van der Waals surface area contributed by atoms with E-state index in [1.54, 1.807) is 10.8 Å². The predicted octanol–water partition coefficient (Wildman–Crippen LogP) is 0.405. The van der Waals surface area contributed by atoms with Crippen LogP contribution in [0.25, 0.3) is 10.9 Å². The highest BCUT2D eigenvalue weighted by molar-refractivity contribution is 5.84. The standard InChI is InChI=1S/C16H20N4O2/c1-18-5-7-19(8-6-18)10-13-11-20-15-12(9-17-16(20)21)3-2-4-14(15)22-13/h2-4,9,13H,5-8,10-11H2,1H3. The van der Waals surface area contributed by atoms with Crippen LogP contribution in [-0.4, -0.2) is 65.2 Å². The molecule has 2 aliphatic heterocycles. The molecule has 2 aliphatic rings. The highest BCUT2D eigenvalue weighted by Crippen LogP contribution is 2.28. The molecule has 0 saturated carbocycles. The summed E-state index contributed by atoms with van der Waals surface area (Å²) in [6, 6.07) is 5.85. The fraction of sp³-hybridized carbons (Fsp3) is 0.500. The largest absolute Gasteiger partial charge is 0.485 e. The molecule has 116 valence electrons. The first-order valence-corrected chi connectivity index (χ1v) is 7.77. The van der Waals surface area contributed by atoms with Gasteiger partial charge in [-0.25, -0.2) is 9.78 Å². The SMILES string of the molecule is CN1CCN(CC2Cn3c(=O)ncc4cccc(c43)O2)CC1. The van der Waals surface area contributed by atoms with E-state index in [-0.39, 0.29) is 11.8 Å². The number of para-hydroxylation sites is 1. The van der Waals surface area contributed by atoms with Crippen LogP contribution in [0.1, 0.15) is 0 Å². The summed E-state index contributed by atoms with van der Waals surface area (Å²) in [6.45, 7) is 5.70. The molecule has 2 aromatic rings. The maximum absolute atomic E-state index is 12.1. The fourth-order valence-electron chi connectivity index (χ4n) is 3.32. The van der Waals surface area contributed by atoms with E-state index in [0.29, 0.717) is 6.54 Å². The number of rotatable bonds is 2. The van der Waals surface area contributed by atoms with Crippen LogP contribution in [0.3, 0.4) is 0 Å². The van der Waals surface area contributed by atoms with Gasteiger partial charge in [0.05, 0.1) is 12.1 Å². The Morgan fingerprint density at radius 2 is 2.09 bits per heavy atom. The minimum absolute atomic E-state index is 0.00315. The summed E-state index contributed by atoms with van der Waals surface area (Å²) >= 11 is 0. The Balaban J connectivity index is 1.59. The lowest BCUT2D eigenvalue weighted by molar-refractivity contribution is 0.0800. The lowest BCUT2D eigenvalue weighted by Gasteiger charge is -2.36. The zero-order chi connectivity index (χ0) is 15.1. The Kier molecular flexibility index (Phi) is 3.35. The first-order chi connectivity index (χ1) is 10.7. The molecule has 1 atom stereocenters. The van der Waals surface area contributed by atoms with Crippen molar-refractivity contribution in [3.05, 3.63) is 34.9 Å². The Labute approximate surface area is 128 Å². The van der Waals surface area contributed by atoms with Crippen molar-refractivity contribution in [3.8, 4) is 5.75 Å². The predicted molar refractivity (Wildman–Crippen MR) is 84.4 cm³/mol. The highest BCUT2D eigenvalue weighted by atomic mass is 16.5. The van der Waals surface area contributed by atoms with Gasteiger partial charge in [0.2, 0.25) is 0 Å². The van der Waals surface area contributed by atoms with Crippen LogP contribution in [0.2, 0.25) is 0 Å². The van der Waals surface area contributed by atoms with Crippen molar-refractivity contribution in [2.24, 2.45) is 0 Å². The van der Waals surface area contributed by atoms with E-state index < -0.39 is 0 Å². The van der Waals surface area contributed by atoms with Crippen molar-refractivity contribution in [1.29, 1.82) is 0 Å². The molecule has 3 heterocycles. The molecule has 0 bridgehead atoms. The van der Waals surface area contributed by atoms with E-state index >= 15 is 0 Å². The van der Waals surface area contributed by atoms with Crippen LogP contribution in [0.4, 0.5) is 0 Å². The lowest BCUT2D eigenvalue weighted by atomic mass is 10.1. The van der Waals surface area contributed by atoms with Gasteiger partial charge in [-0.15, -0.1) is 0 Å². The lowest BCUT2D eigenvalue weighted by Crippen LogP contribution is -2.49. The molecular formula is C16H20N4O2. The van der Waals surface area contributed by atoms with Gasteiger partial charge in [0.15, 0.2) is 0 Å². The summed E-state index contributed by atoms with van der Waals surface area (Å²) in [5, 5.41) is 0.954. The molecule has 0 N–H and O–H groups in total. The summed E-state index contributed by atoms with van der Waals surface area (Å²) in [6.07, 6.45) is 1.63. The van der Waals surface area contributed by atoms with Crippen LogP contribution < -0.4 is 10.4 Å². The first-order valence-electron chi connectivity index (χ1n) is 7.77. The molecule has 22 heavy (non-hydrogen) atoms. The molecule has 0 amide bonds. The molecule has 4 rings (SSSR count). The van der Waals surface area contributed by atoms with Gasteiger partial charge in [-0.3, -0.25) is 9.47 Å². The number of benzene rings is 1. The number of piperazine rings is 1. The Bertz CT molecular complexity index is 749. The molecule has 1 unspecified atom stereocenters. The average Bonchev–Trinajstić information content (AvgIpc) is 2.53. The molecule has 0 spiro atoms. The molecule has 1 aromatic heterocycles. The van der Waals surface area contributed by atoms with E-state index in [2.05, 4.69) is 21.8 Å². The zero-order valence-corrected chi connectivity index (χ0v) is 12.7. The number of nitrogens with zero attached hydrogens (tertiary/aromatic N) is 4. The monoisotopic (exact) mass is 300 g/mol. The van der Waals surface area contributed by atoms with Crippen molar-refractivity contribution >= 4 is 10.9 Å². The molecule has 1 saturated heterocycles. The first kappa shape index (κ1) is 13.7.